The van der Waals surface area contributed by atoms with E-state index >= 15 is 0 Å². The molecule has 0 heterocycles. The van der Waals surface area contributed by atoms with Crippen LogP contribution in [-0.2, 0) is 4.79 Å². The van der Waals surface area contributed by atoms with Crippen molar-refractivity contribution in [2.24, 2.45) is 0 Å². The maximum Gasteiger partial charge on any atom is 1.00 e. The zero-order chi connectivity index (χ0) is 5.15. The van der Waals surface area contributed by atoms with Crippen LogP contribution in [0.15, 0.2) is 0 Å². The number of aliphatic carboxylic acids is 1. The van der Waals surface area contributed by atoms with Crippen molar-refractivity contribution in [3.8, 4) is 0 Å². The topological polar surface area (TPSA) is 60.4 Å². The summed E-state index contributed by atoms with van der Waals surface area (Å²) >= 11 is 0. The second kappa shape index (κ2) is 12.1. The standard InChI is InChI=1S/C3H6O3.FH.2Na/c1-2(4)3(5)6;;;/h2,4H,1H3,(H,5,6);1H;;/q;;2*+1/p-2. The van der Waals surface area contributed by atoms with Gasteiger partial charge in [0.1, 0.15) is 0 Å². The molecule has 0 fully saturated rings. The molecule has 0 aliphatic rings. The summed E-state index contributed by atoms with van der Waals surface area (Å²) in [4.78, 5) is 9.34. The Bertz CT molecular complexity index is 68.1. The van der Waals surface area contributed by atoms with Gasteiger partial charge in [-0.3, -0.25) is 0 Å². The largest absolute Gasteiger partial charge is 1.00 e. The molecule has 44 valence electrons. The number of aliphatic hydroxyl groups is 1. The minimum atomic E-state index is -1.44. The molecule has 0 aliphatic carbocycles. The van der Waals surface area contributed by atoms with Crippen molar-refractivity contribution in [2.75, 3.05) is 0 Å². The molecule has 0 amide bonds. The van der Waals surface area contributed by atoms with Crippen molar-refractivity contribution in [3.63, 3.8) is 0 Å². The molecule has 1 atom stereocenters. The second-order valence-corrected chi connectivity index (χ2v) is 0.995. The van der Waals surface area contributed by atoms with Gasteiger partial charge in [0.15, 0.2) is 0 Å². The summed E-state index contributed by atoms with van der Waals surface area (Å²) in [6, 6.07) is 0. The van der Waals surface area contributed by atoms with Crippen LogP contribution in [0.5, 0.6) is 0 Å². The maximum atomic E-state index is 9.34. The zero-order valence-corrected chi connectivity index (χ0v) is 9.72. The van der Waals surface area contributed by atoms with Crippen LogP contribution in [0.25, 0.3) is 0 Å². The average molecular weight is 154 g/mol. The van der Waals surface area contributed by atoms with Crippen LogP contribution in [0.2, 0.25) is 0 Å². The molecule has 0 saturated heterocycles. The van der Waals surface area contributed by atoms with Gasteiger partial charge < -0.3 is 19.7 Å². The predicted molar refractivity (Wildman–Crippen MR) is 16.7 cm³/mol. The number of halogens is 1. The van der Waals surface area contributed by atoms with E-state index in [2.05, 4.69) is 0 Å². The number of hydrogen-bond acceptors (Lipinski definition) is 3. The molecule has 0 rings (SSSR count). The van der Waals surface area contributed by atoms with Gasteiger partial charge in [0, 0.05) is 0 Å². The fourth-order valence-corrected chi connectivity index (χ4v) is 0. The van der Waals surface area contributed by atoms with Crippen LogP contribution in [0.1, 0.15) is 6.92 Å². The van der Waals surface area contributed by atoms with Crippen LogP contribution in [-0.4, -0.2) is 17.2 Å². The van der Waals surface area contributed by atoms with Crippen molar-refractivity contribution in [2.45, 2.75) is 13.0 Å². The summed E-state index contributed by atoms with van der Waals surface area (Å²) in [6.45, 7) is 1.13. The van der Waals surface area contributed by atoms with Gasteiger partial charge in [-0.15, -0.1) is 0 Å². The average Bonchev–Trinajstić information content (AvgIpc) is 1.36. The summed E-state index contributed by atoms with van der Waals surface area (Å²) in [5.74, 6) is -1.44. The number of rotatable bonds is 1. The molecule has 0 aromatic rings. The van der Waals surface area contributed by atoms with Crippen LogP contribution in [0.3, 0.4) is 0 Å². The summed E-state index contributed by atoms with van der Waals surface area (Å²) in [7, 11) is 0. The van der Waals surface area contributed by atoms with Crippen molar-refractivity contribution in [3.05, 3.63) is 0 Å². The normalized spacial score (nSPS) is 9.11. The molecule has 0 saturated carbocycles. The minimum Gasteiger partial charge on any atom is -1.00 e. The van der Waals surface area contributed by atoms with E-state index in [9.17, 15) is 9.90 Å². The Balaban J connectivity index is -0.0000000417. The van der Waals surface area contributed by atoms with E-state index in [1.165, 1.54) is 0 Å². The third kappa shape index (κ3) is 17.6. The summed E-state index contributed by atoms with van der Waals surface area (Å²) < 4.78 is 0. The number of carbonyl (C=O) groups is 1. The van der Waals surface area contributed by atoms with Gasteiger partial charge >= 0.3 is 59.1 Å². The Labute approximate surface area is 96.8 Å². The second-order valence-electron chi connectivity index (χ2n) is 0.995. The zero-order valence-electron chi connectivity index (χ0n) is 5.72. The number of carboxylic acid groups (broad SMARTS) is 1. The van der Waals surface area contributed by atoms with Crippen LogP contribution in [0.4, 0.5) is 0 Å². The molecule has 0 spiro atoms. The summed E-state index contributed by atoms with van der Waals surface area (Å²) in [5.41, 5.74) is 0. The van der Waals surface area contributed by atoms with Gasteiger partial charge in [-0.05, 0) is 6.92 Å². The van der Waals surface area contributed by atoms with Crippen molar-refractivity contribution >= 4 is 5.97 Å². The molecule has 0 bridgehead atoms. The molecular formula is C3H5FNa2O3. The fourth-order valence-electron chi connectivity index (χ4n) is 0. The van der Waals surface area contributed by atoms with E-state index in [1.807, 2.05) is 0 Å². The fraction of sp³-hybridized carbons (Fsp3) is 0.667. The van der Waals surface area contributed by atoms with Crippen LogP contribution >= 0.6 is 0 Å². The Morgan fingerprint density at radius 1 is 1.56 bits per heavy atom. The smallest absolute Gasteiger partial charge is 1.00 e. The first-order valence-corrected chi connectivity index (χ1v) is 1.53. The molecule has 6 heteroatoms. The van der Waals surface area contributed by atoms with E-state index in [4.69, 9.17) is 5.11 Å². The first-order chi connectivity index (χ1) is 2.64. The first-order valence-electron chi connectivity index (χ1n) is 1.53. The quantitative estimate of drug-likeness (QED) is 0.381. The molecule has 0 aromatic heterocycles. The van der Waals surface area contributed by atoms with Crippen LogP contribution < -0.4 is 68.9 Å². The third-order valence-corrected chi connectivity index (χ3v) is 0.341. The number of hydrogen-bond donors (Lipinski definition) is 1. The molecule has 0 aliphatic heterocycles. The van der Waals surface area contributed by atoms with E-state index in [0.29, 0.717) is 0 Å². The summed E-state index contributed by atoms with van der Waals surface area (Å²) in [6.07, 6.45) is -1.34. The van der Waals surface area contributed by atoms with Crippen molar-refractivity contribution < 1.29 is 78.8 Å². The van der Waals surface area contributed by atoms with E-state index in [-0.39, 0.29) is 63.8 Å². The van der Waals surface area contributed by atoms with E-state index in [1.54, 1.807) is 0 Å². The first kappa shape index (κ1) is 22.4. The molecule has 1 unspecified atom stereocenters. The van der Waals surface area contributed by atoms with Gasteiger partial charge in [-0.2, -0.15) is 0 Å². The van der Waals surface area contributed by atoms with Gasteiger partial charge in [0.05, 0.1) is 12.1 Å². The molecule has 0 radical (unpaired) electrons. The van der Waals surface area contributed by atoms with Gasteiger partial charge in [0.25, 0.3) is 0 Å². The summed E-state index contributed by atoms with van der Waals surface area (Å²) in [5, 5.41) is 17.3. The van der Waals surface area contributed by atoms with Gasteiger partial charge in [-0.1, -0.05) is 0 Å². The Morgan fingerprint density at radius 2 is 1.67 bits per heavy atom. The van der Waals surface area contributed by atoms with E-state index in [0.717, 1.165) is 6.92 Å². The molecule has 9 heavy (non-hydrogen) atoms. The van der Waals surface area contributed by atoms with Gasteiger partial charge in [-0.25, -0.2) is 0 Å². The number of carboxylic acids is 1. The predicted octanol–water partition coefficient (Wildman–Crippen LogP) is -10.9. The van der Waals surface area contributed by atoms with Crippen LogP contribution in [0, 0.1) is 0 Å². The van der Waals surface area contributed by atoms with Gasteiger partial charge in [0.2, 0.25) is 0 Å². The molecule has 1 N–H and O–H groups in total. The monoisotopic (exact) mass is 154 g/mol. The SMILES string of the molecule is CC(O)C(=O)[O-].[F-].[Na+].[Na+]. The number of aliphatic hydroxyl groups excluding tert-OH is 1. The van der Waals surface area contributed by atoms with Crippen molar-refractivity contribution in [1.29, 1.82) is 0 Å². The number of carbonyl (C=O) groups excluding carboxylic acids is 1. The maximum absolute atomic E-state index is 9.34. The third-order valence-electron chi connectivity index (χ3n) is 0.341. The Kier molecular flexibility index (Phi) is 30.1. The molecule has 3 nitrogen and oxygen atoms in total. The Morgan fingerprint density at radius 3 is 1.67 bits per heavy atom. The molecular weight excluding hydrogens is 149 g/mol. The van der Waals surface area contributed by atoms with E-state index < -0.39 is 12.1 Å². The van der Waals surface area contributed by atoms with Crippen molar-refractivity contribution in [1.82, 2.24) is 0 Å². The minimum absolute atomic E-state index is 0. The molecule has 0 aromatic carbocycles. The Hall–Kier alpha value is 1.36.